The fourth-order valence-corrected chi connectivity index (χ4v) is 3.19. The van der Waals surface area contributed by atoms with Gasteiger partial charge in [-0.3, -0.25) is 0 Å². The number of rotatable bonds is 0. The molecule has 0 amide bonds. The molecule has 0 aliphatic carbocycles. The van der Waals surface area contributed by atoms with E-state index in [9.17, 15) is 4.79 Å². The van der Waals surface area contributed by atoms with Crippen LogP contribution in [0.25, 0.3) is 0 Å². The van der Waals surface area contributed by atoms with E-state index in [0.717, 1.165) is 12.8 Å². The monoisotopic (exact) mass is 201 g/mol. The van der Waals surface area contributed by atoms with Crippen molar-refractivity contribution in [2.24, 2.45) is 5.92 Å². The lowest BCUT2D eigenvalue weighted by molar-refractivity contribution is -0.148. The van der Waals surface area contributed by atoms with Crippen molar-refractivity contribution < 1.29 is 9.53 Å². The molecule has 2 fully saturated rings. The summed E-state index contributed by atoms with van der Waals surface area (Å²) >= 11 is 0. The first-order valence-corrected chi connectivity index (χ1v) is 5.41. The van der Waals surface area contributed by atoms with Crippen LogP contribution in [0.5, 0.6) is 0 Å². The fraction of sp³-hybridized carbons (Fsp3) is 0.417. The second kappa shape index (κ2) is 2.35. The maximum atomic E-state index is 11.5. The van der Waals surface area contributed by atoms with Gasteiger partial charge in [-0.15, -0.1) is 0 Å². The Labute approximate surface area is 87.6 Å². The van der Waals surface area contributed by atoms with Gasteiger partial charge < -0.3 is 9.64 Å². The molecule has 0 aromatic heterocycles. The minimum atomic E-state index is -0.0343. The third-order valence-corrected chi connectivity index (χ3v) is 3.80. The smallest absolute Gasteiger partial charge is 0.330 e. The summed E-state index contributed by atoms with van der Waals surface area (Å²) in [5, 5.41) is 0. The summed E-state index contributed by atoms with van der Waals surface area (Å²) in [4.78, 5) is 13.7. The number of fused-ring (bicyclic) bond motifs is 1. The number of esters is 1. The summed E-state index contributed by atoms with van der Waals surface area (Å²) < 4.78 is 5.37. The first-order valence-electron chi connectivity index (χ1n) is 5.41. The highest BCUT2D eigenvalue weighted by molar-refractivity contribution is 5.86. The van der Waals surface area contributed by atoms with Gasteiger partial charge in [-0.05, 0) is 24.5 Å². The lowest BCUT2D eigenvalue weighted by Crippen LogP contribution is -2.35. The number of anilines is 1. The molecule has 4 bridgehead atoms. The van der Waals surface area contributed by atoms with Crippen LogP contribution < -0.4 is 4.90 Å². The Hall–Kier alpha value is -1.51. The Balaban J connectivity index is 1.92. The summed E-state index contributed by atoms with van der Waals surface area (Å²) in [5.41, 5.74) is 2.56. The molecule has 0 spiro atoms. The third-order valence-electron chi connectivity index (χ3n) is 3.80. The molecule has 0 unspecified atom stereocenters. The van der Waals surface area contributed by atoms with Crippen LogP contribution >= 0.6 is 0 Å². The van der Waals surface area contributed by atoms with Crippen LogP contribution in [0.3, 0.4) is 0 Å². The van der Waals surface area contributed by atoms with E-state index in [1.54, 1.807) is 0 Å². The average Bonchev–Trinajstić information content (AvgIpc) is 2.69. The number of carbonyl (C=O) groups excluding carboxylic acids is 1. The molecule has 15 heavy (non-hydrogen) atoms. The predicted molar refractivity (Wildman–Crippen MR) is 54.4 cm³/mol. The predicted octanol–water partition coefficient (Wildman–Crippen LogP) is 1.32. The molecule has 3 heteroatoms. The van der Waals surface area contributed by atoms with E-state index in [1.807, 2.05) is 6.07 Å². The number of carbonyl (C=O) groups is 1. The van der Waals surface area contributed by atoms with Gasteiger partial charge in [-0.25, -0.2) is 4.79 Å². The molecule has 3 atom stereocenters. The maximum Gasteiger partial charge on any atom is 0.330 e. The zero-order valence-corrected chi connectivity index (χ0v) is 8.22. The lowest BCUT2D eigenvalue weighted by Gasteiger charge is -2.30. The normalized spacial score (nSPS) is 35.3. The minimum absolute atomic E-state index is 0.0105. The van der Waals surface area contributed by atoms with Crippen molar-refractivity contribution >= 4 is 11.7 Å². The second-order valence-electron chi connectivity index (χ2n) is 4.58. The van der Waals surface area contributed by atoms with Gasteiger partial charge in [0.25, 0.3) is 0 Å². The molecule has 3 aliphatic heterocycles. The molecule has 2 saturated heterocycles. The molecule has 1 aromatic carbocycles. The van der Waals surface area contributed by atoms with E-state index in [1.165, 1.54) is 11.3 Å². The number of benzene rings is 1. The van der Waals surface area contributed by atoms with Crippen molar-refractivity contribution in [1.82, 2.24) is 0 Å². The topological polar surface area (TPSA) is 29.5 Å². The average molecular weight is 201 g/mol. The number of ether oxygens (including phenoxy) is 1. The van der Waals surface area contributed by atoms with Crippen molar-refractivity contribution in [3.05, 3.63) is 29.8 Å². The fourth-order valence-electron chi connectivity index (χ4n) is 3.19. The minimum Gasteiger partial charge on any atom is -0.440 e. The van der Waals surface area contributed by atoms with Crippen LogP contribution in [0.2, 0.25) is 0 Å². The van der Waals surface area contributed by atoms with Crippen LogP contribution in [-0.2, 0) is 16.0 Å². The van der Waals surface area contributed by atoms with Crippen LogP contribution in [0, 0.1) is 5.92 Å². The zero-order valence-electron chi connectivity index (χ0n) is 8.22. The van der Waals surface area contributed by atoms with Gasteiger partial charge in [0, 0.05) is 11.6 Å². The second-order valence-corrected chi connectivity index (χ2v) is 4.58. The van der Waals surface area contributed by atoms with E-state index in [2.05, 4.69) is 23.1 Å². The molecule has 3 aliphatic rings. The highest BCUT2D eigenvalue weighted by Crippen LogP contribution is 2.48. The van der Waals surface area contributed by atoms with E-state index < -0.39 is 0 Å². The van der Waals surface area contributed by atoms with Gasteiger partial charge in [0.05, 0.1) is 0 Å². The maximum absolute atomic E-state index is 11.5. The molecule has 3 heterocycles. The summed E-state index contributed by atoms with van der Waals surface area (Å²) in [6.45, 7) is 0. The number of hydrogen-bond donors (Lipinski definition) is 0. The summed E-state index contributed by atoms with van der Waals surface area (Å²) in [6, 6.07) is 8.34. The lowest BCUT2D eigenvalue weighted by atomic mass is 9.92. The highest BCUT2D eigenvalue weighted by Gasteiger charge is 2.56. The van der Waals surface area contributed by atoms with Crippen molar-refractivity contribution in [3.8, 4) is 0 Å². The van der Waals surface area contributed by atoms with Crippen molar-refractivity contribution in [3.63, 3.8) is 0 Å². The van der Waals surface area contributed by atoms with Crippen molar-refractivity contribution in [2.75, 3.05) is 4.90 Å². The van der Waals surface area contributed by atoms with Gasteiger partial charge in [0.2, 0.25) is 0 Å². The molecule has 0 N–H and O–H groups in total. The third kappa shape index (κ3) is 0.798. The molecule has 1 aromatic rings. The molecule has 0 saturated carbocycles. The Morgan fingerprint density at radius 3 is 3.13 bits per heavy atom. The summed E-state index contributed by atoms with van der Waals surface area (Å²) in [5.74, 6) is 0.482. The highest BCUT2D eigenvalue weighted by atomic mass is 16.6. The standard InChI is InChI=1S/C12H11NO2/c14-12-10-6-8-5-7-3-1-2-4-9(7)13(10)11(8)15-12/h1-4,8,10-11H,5-6H2/t8-,10+,11+/m0/s1. The summed E-state index contributed by atoms with van der Waals surface area (Å²) in [7, 11) is 0. The molecular formula is C12H11NO2. The number of para-hydroxylation sites is 1. The van der Waals surface area contributed by atoms with Crippen molar-refractivity contribution in [1.29, 1.82) is 0 Å². The Kier molecular flexibility index (Phi) is 1.21. The van der Waals surface area contributed by atoms with E-state index >= 15 is 0 Å². The van der Waals surface area contributed by atoms with E-state index in [-0.39, 0.29) is 18.2 Å². The molecule has 76 valence electrons. The van der Waals surface area contributed by atoms with Crippen LogP contribution in [0.1, 0.15) is 12.0 Å². The van der Waals surface area contributed by atoms with E-state index in [0.29, 0.717) is 5.92 Å². The van der Waals surface area contributed by atoms with Gasteiger partial charge in [-0.1, -0.05) is 18.2 Å². The largest absolute Gasteiger partial charge is 0.440 e. The molecule has 0 radical (unpaired) electrons. The van der Waals surface area contributed by atoms with Gasteiger partial charge in [-0.2, -0.15) is 0 Å². The van der Waals surface area contributed by atoms with Crippen LogP contribution in [0.4, 0.5) is 5.69 Å². The molecule has 3 nitrogen and oxygen atoms in total. The van der Waals surface area contributed by atoms with Gasteiger partial charge in [0.1, 0.15) is 6.04 Å². The SMILES string of the molecule is O=C1O[C@@H]2[C@H]3Cc4ccccc4N2[C@@H]1C3. The summed E-state index contributed by atoms with van der Waals surface area (Å²) in [6.07, 6.45) is 2.05. The zero-order chi connectivity index (χ0) is 9.99. The van der Waals surface area contributed by atoms with Gasteiger partial charge in [0.15, 0.2) is 6.23 Å². The quantitative estimate of drug-likeness (QED) is 0.593. The Bertz CT molecular complexity index is 457. The van der Waals surface area contributed by atoms with E-state index in [4.69, 9.17) is 4.74 Å². The number of nitrogens with zero attached hydrogens (tertiary/aromatic N) is 1. The van der Waals surface area contributed by atoms with Crippen molar-refractivity contribution in [2.45, 2.75) is 25.1 Å². The Morgan fingerprint density at radius 2 is 2.20 bits per heavy atom. The molecular weight excluding hydrogens is 190 g/mol. The van der Waals surface area contributed by atoms with Gasteiger partial charge >= 0.3 is 5.97 Å². The first-order chi connectivity index (χ1) is 7.34. The number of hydrogen-bond acceptors (Lipinski definition) is 3. The Morgan fingerprint density at radius 1 is 1.33 bits per heavy atom. The van der Waals surface area contributed by atoms with Crippen LogP contribution in [0.15, 0.2) is 24.3 Å². The van der Waals surface area contributed by atoms with Crippen LogP contribution in [-0.4, -0.2) is 18.2 Å². The first kappa shape index (κ1) is 7.74. The molecule has 4 rings (SSSR count).